The number of allylic oxidation sites excluding steroid dienone is 2. The van der Waals surface area contributed by atoms with Crippen LogP contribution < -0.4 is 5.73 Å². The molecule has 3 aromatic rings. The van der Waals surface area contributed by atoms with Crippen LogP contribution >= 0.6 is 0 Å². The number of furan rings is 1. The topological polar surface area (TPSA) is 39.2 Å². The minimum absolute atomic E-state index is 0.724. The second kappa shape index (κ2) is 4.27. The van der Waals surface area contributed by atoms with Crippen LogP contribution in [0, 0.1) is 0 Å². The number of hydrogen-bond donors (Lipinski definition) is 1. The van der Waals surface area contributed by atoms with E-state index in [2.05, 4.69) is 13.2 Å². The lowest BCUT2D eigenvalue weighted by Crippen LogP contribution is -1.95. The van der Waals surface area contributed by atoms with Gasteiger partial charge in [-0.3, -0.25) is 0 Å². The Morgan fingerprint density at radius 1 is 1.05 bits per heavy atom. The third-order valence-corrected chi connectivity index (χ3v) is 3.61. The van der Waals surface area contributed by atoms with Crippen LogP contribution in [-0.4, -0.2) is 0 Å². The molecule has 0 saturated carbocycles. The number of fused-ring (bicyclic) bond motifs is 3. The van der Waals surface area contributed by atoms with Gasteiger partial charge in [0.15, 0.2) is 0 Å². The molecule has 20 heavy (non-hydrogen) atoms. The molecule has 0 aliphatic carbocycles. The molecule has 3 rings (SSSR count). The summed E-state index contributed by atoms with van der Waals surface area (Å²) in [6.45, 7) is 12.0. The maximum Gasteiger partial charge on any atom is 0.145 e. The van der Waals surface area contributed by atoms with E-state index >= 15 is 0 Å². The molecule has 2 N–H and O–H groups in total. The summed E-state index contributed by atoms with van der Waals surface area (Å²) in [6, 6.07) is 9.95. The Balaban J connectivity index is 2.60. The maximum atomic E-state index is 6.35. The zero-order valence-electron chi connectivity index (χ0n) is 11.8. The molecular formula is C18H17NO. The van der Waals surface area contributed by atoms with Crippen molar-refractivity contribution in [1.82, 2.24) is 0 Å². The van der Waals surface area contributed by atoms with Crippen LogP contribution in [0.15, 0.2) is 47.9 Å². The molecule has 2 heteroatoms. The summed E-state index contributed by atoms with van der Waals surface area (Å²) >= 11 is 0. The van der Waals surface area contributed by atoms with E-state index in [9.17, 15) is 0 Å². The Morgan fingerprint density at radius 3 is 2.35 bits per heavy atom. The number of nitrogen functional groups attached to an aromatic ring is 1. The highest BCUT2D eigenvalue weighted by Gasteiger charge is 2.17. The normalized spacial score (nSPS) is 11.1. The minimum atomic E-state index is 0.724. The summed E-state index contributed by atoms with van der Waals surface area (Å²) in [5.41, 5.74) is 12.6. The summed E-state index contributed by atoms with van der Waals surface area (Å²) in [5, 5.41) is 1.99. The van der Waals surface area contributed by atoms with Crippen molar-refractivity contribution >= 4 is 38.8 Å². The zero-order chi connectivity index (χ0) is 14.4. The van der Waals surface area contributed by atoms with Crippen LogP contribution in [0.4, 0.5) is 5.69 Å². The lowest BCUT2D eigenvalue weighted by Gasteiger charge is -2.10. The highest BCUT2D eigenvalue weighted by Crippen LogP contribution is 2.40. The van der Waals surface area contributed by atoms with Gasteiger partial charge in [0.2, 0.25) is 0 Å². The lowest BCUT2D eigenvalue weighted by molar-refractivity contribution is 0.667. The fourth-order valence-electron chi connectivity index (χ4n) is 2.59. The van der Waals surface area contributed by atoms with Crippen LogP contribution in [0.1, 0.15) is 25.0 Å². The van der Waals surface area contributed by atoms with Crippen molar-refractivity contribution in [1.29, 1.82) is 0 Å². The van der Waals surface area contributed by atoms with Crippen LogP contribution in [-0.2, 0) is 0 Å². The van der Waals surface area contributed by atoms with Gasteiger partial charge in [0, 0.05) is 16.5 Å². The average Bonchev–Trinajstić information content (AvgIpc) is 2.77. The minimum Gasteiger partial charge on any atom is -0.455 e. The monoisotopic (exact) mass is 263 g/mol. The van der Waals surface area contributed by atoms with E-state index in [0.29, 0.717) is 0 Å². The predicted molar refractivity (Wildman–Crippen MR) is 87.5 cm³/mol. The highest BCUT2D eigenvalue weighted by atomic mass is 16.3. The summed E-state index contributed by atoms with van der Waals surface area (Å²) < 4.78 is 5.99. The SMILES string of the molecule is C=C(C)c1cc(C(=C)C)c2oc3ccccc3c2c1N. The standard InChI is InChI=1S/C18H17NO/c1-10(2)13-9-14(11(3)4)18-16(17(13)19)12-7-5-6-8-15(12)20-18/h5-9H,1,3,19H2,2,4H3. The van der Waals surface area contributed by atoms with Crippen molar-refractivity contribution in [2.75, 3.05) is 5.73 Å². The number of nitrogens with two attached hydrogens (primary N) is 1. The molecule has 0 aliphatic heterocycles. The second-order valence-corrected chi connectivity index (χ2v) is 5.25. The number of para-hydroxylation sites is 1. The second-order valence-electron chi connectivity index (χ2n) is 5.25. The highest BCUT2D eigenvalue weighted by molar-refractivity contribution is 6.15. The van der Waals surface area contributed by atoms with E-state index in [-0.39, 0.29) is 0 Å². The first-order valence-corrected chi connectivity index (χ1v) is 6.56. The Morgan fingerprint density at radius 2 is 1.70 bits per heavy atom. The molecule has 0 atom stereocenters. The summed E-state index contributed by atoms with van der Waals surface area (Å²) in [6.07, 6.45) is 0. The van der Waals surface area contributed by atoms with Crippen molar-refractivity contribution < 1.29 is 4.42 Å². The van der Waals surface area contributed by atoms with E-state index in [1.807, 2.05) is 44.2 Å². The lowest BCUT2D eigenvalue weighted by atomic mass is 9.96. The van der Waals surface area contributed by atoms with Gasteiger partial charge in [-0.05, 0) is 37.1 Å². The smallest absolute Gasteiger partial charge is 0.145 e. The largest absolute Gasteiger partial charge is 0.455 e. The van der Waals surface area contributed by atoms with E-state index in [1.54, 1.807) is 0 Å². The van der Waals surface area contributed by atoms with E-state index in [4.69, 9.17) is 10.2 Å². The Bertz CT molecular complexity index is 868. The number of benzene rings is 2. The summed E-state index contributed by atoms with van der Waals surface area (Å²) in [4.78, 5) is 0. The molecule has 0 bridgehead atoms. The van der Waals surface area contributed by atoms with Gasteiger partial charge in [-0.25, -0.2) is 0 Å². The van der Waals surface area contributed by atoms with Crippen molar-refractivity contribution in [3.8, 4) is 0 Å². The molecular weight excluding hydrogens is 246 g/mol. The molecule has 0 fully saturated rings. The fraction of sp³-hybridized carbons (Fsp3) is 0.111. The maximum absolute atomic E-state index is 6.35. The molecule has 0 amide bonds. The van der Waals surface area contributed by atoms with Gasteiger partial charge in [-0.15, -0.1) is 0 Å². The molecule has 1 heterocycles. The van der Waals surface area contributed by atoms with E-state index in [1.165, 1.54) is 0 Å². The average molecular weight is 263 g/mol. The Labute approximate surface area is 118 Å². The first kappa shape index (κ1) is 12.5. The van der Waals surface area contributed by atoms with Gasteiger partial charge in [-0.1, -0.05) is 31.4 Å². The molecule has 2 aromatic carbocycles. The zero-order valence-corrected chi connectivity index (χ0v) is 11.8. The van der Waals surface area contributed by atoms with Gasteiger partial charge in [0.05, 0.1) is 11.1 Å². The summed E-state index contributed by atoms with van der Waals surface area (Å²) in [5.74, 6) is 0. The number of hydrogen-bond acceptors (Lipinski definition) is 2. The van der Waals surface area contributed by atoms with E-state index < -0.39 is 0 Å². The van der Waals surface area contributed by atoms with Crippen molar-refractivity contribution in [3.63, 3.8) is 0 Å². The summed E-state index contributed by atoms with van der Waals surface area (Å²) in [7, 11) is 0. The third-order valence-electron chi connectivity index (χ3n) is 3.61. The third kappa shape index (κ3) is 1.65. The number of rotatable bonds is 2. The van der Waals surface area contributed by atoms with Crippen LogP contribution in [0.2, 0.25) is 0 Å². The van der Waals surface area contributed by atoms with Gasteiger partial charge in [0.25, 0.3) is 0 Å². The molecule has 0 radical (unpaired) electrons. The molecule has 1 aromatic heterocycles. The number of anilines is 1. The van der Waals surface area contributed by atoms with Gasteiger partial charge in [-0.2, -0.15) is 0 Å². The first-order chi connectivity index (χ1) is 9.50. The van der Waals surface area contributed by atoms with Crippen LogP contribution in [0.5, 0.6) is 0 Å². The Kier molecular flexibility index (Phi) is 2.68. The molecule has 0 unspecified atom stereocenters. The molecule has 2 nitrogen and oxygen atoms in total. The molecule has 100 valence electrons. The fourth-order valence-corrected chi connectivity index (χ4v) is 2.59. The van der Waals surface area contributed by atoms with Gasteiger partial charge < -0.3 is 10.2 Å². The van der Waals surface area contributed by atoms with Crippen molar-refractivity contribution in [3.05, 3.63) is 54.6 Å². The molecule has 0 spiro atoms. The molecule has 0 saturated heterocycles. The van der Waals surface area contributed by atoms with E-state index in [0.717, 1.165) is 49.9 Å². The van der Waals surface area contributed by atoms with Gasteiger partial charge >= 0.3 is 0 Å². The van der Waals surface area contributed by atoms with Gasteiger partial charge in [0.1, 0.15) is 11.2 Å². The quantitative estimate of drug-likeness (QED) is 0.642. The van der Waals surface area contributed by atoms with Crippen molar-refractivity contribution in [2.45, 2.75) is 13.8 Å². The molecule has 0 aliphatic rings. The van der Waals surface area contributed by atoms with Crippen LogP contribution in [0.25, 0.3) is 33.1 Å². The predicted octanol–water partition coefficient (Wildman–Crippen LogP) is 5.23. The van der Waals surface area contributed by atoms with Crippen LogP contribution in [0.3, 0.4) is 0 Å². The first-order valence-electron chi connectivity index (χ1n) is 6.56. The van der Waals surface area contributed by atoms with Crippen molar-refractivity contribution in [2.24, 2.45) is 0 Å². The Hall–Kier alpha value is -2.48.